The third kappa shape index (κ3) is 2.57. The zero-order chi connectivity index (χ0) is 16.7. The number of aromatic nitrogens is 2. The zero-order valence-electron chi connectivity index (χ0n) is 12.8. The van der Waals surface area contributed by atoms with Crippen LogP contribution in [0.15, 0.2) is 0 Å². The van der Waals surface area contributed by atoms with Crippen molar-refractivity contribution in [2.75, 3.05) is 6.54 Å². The predicted molar refractivity (Wildman–Crippen MR) is 73.6 cm³/mol. The number of carbonyl (C=O) groups excluding carboxylic acids is 1. The van der Waals surface area contributed by atoms with Gasteiger partial charge >= 0.3 is 12.5 Å². The molecule has 1 unspecified atom stereocenters. The molecule has 1 aliphatic rings. The molecule has 1 fully saturated rings. The second-order valence-corrected chi connectivity index (χ2v) is 5.78. The number of halogens is 2. The molecule has 8 heteroatoms. The number of amides is 1. The Morgan fingerprint density at radius 1 is 1.41 bits per heavy atom. The molecule has 0 spiro atoms. The van der Waals surface area contributed by atoms with Crippen LogP contribution in [0, 0.1) is 13.8 Å². The third-order valence-electron chi connectivity index (χ3n) is 4.39. The fourth-order valence-electron chi connectivity index (χ4n) is 2.97. The van der Waals surface area contributed by atoms with Gasteiger partial charge in [0.1, 0.15) is 5.54 Å². The van der Waals surface area contributed by atoms with Crippen LogP contribution in [-0.4, -0.2) is 43.7 Å². The SMILES string of the molecule is Cc1nn(C(F)F)c(C)c1CC(=O)N1CCCC1(C)C(=O)O. The molecule has 1 aliphatic heterocycles. The number of carbonyl (C=O) groups is 2. The lowest BCUT2D eigenvalue weighted by Gasteiger charge is -2.31. The lowest BCUT2D eigenvalue weighted by molar-refractivity contribution is -0.155. The first-order chi connectivity index (χ1) is 10.2. The van der Waals surface area contributed by atoms with E-state index in [-0.39, 0.29) is 18.0 Å². The number of hydrogen-bond acceptors (Lipinski definition) is 3. The molecule has 1 N–H and O–H groups in total. The fraction of sp³-hybridized carbons (Fsp3) is 0.643. The van der Waals surface area contributed by atoms with Crippen LogP contribution in [0.3, 0.4) is 0 Å². The standard InChI is InChI=1S/C14H19F2N3O3/c1-8-10(9(2)19(17-8)13(15)16)7-11(20)18-6-4-5-14(18,3)12(21)22/h13H,4-7H2,1-3H3,(H,21,22). The summed E-state index contributed by atoms with van der Waals surface area (Å²) in [7, 11) is 0. The quantitative estimate of drug-likeness (QED) is 0.921. The highest BCUT2D eigenvalue weighted by Crippen LogP contribution is 2.30. The molecule has 0 saturated carbocycles. The van der Waals surface area contributed by atoms with E-state index in [1.165, 1.54) is 18.7 Å². The van der Waals surface area contributed by atoms with Crippen molar-refractivity contribution in [3.63, 3.8) is 0 Å². The van der Waals surface area contributed by atoms with Gasteiger partial charge in [-0.2, -0.15) is 13.9 Å². The van der Waals surface area contributed by atoms with Crippen LogP contribution in [0.25, 0.3) is 0 Å². The number of aryl methyl sites for hydroxylation is 1. The van der Waals surface area contributed by atoms with E-state index >= 15 is 0 Å². The summed E-state index contributed by atoms with van der Waals surface area (Å²) in [6.45, 7) is 2.16. The van der Waals surface area contributed by atoms with E-state index in [9.17, 15) is 23.5 Å². The number of hydrogen-bond donors (Lipinski definition) is 1. The normalized spacial score (nSPS) is 21.6. The largest absolute Gasteiger partial charge is 0.480 e. The highest BCUT2D eigenvalue weighted by atomic mass is 19.3. The van der Waals surface area contributed by atoms with Crippen LogP contribution >= 0.6 is 0 Å². The van der Waals surface area contributed by atoms with Gasteiger partial charge in [-0.25, -0.2) is 9.48 Å². The van der Waals surface area contributed by atoms with Crippen molar-refractivity contribution in [1.82, 2.24) is 14.7 Å². The highest BCUT2D eigenvalue weighted by molar-refractivity contribution is 5.88. The van der Waals surface area contributed by atoms with E-state index in [1.54, 1.807) is 6.92 Å². The Kier molecular flexibility index (Phi) is 4.21. The van der Waals surface area contributed by atoms with Crippen LogP contribution in [0.4, 0.5) is 8.78 Å². The van der Waals surface area contributed by atoms with E-state index in [0.29, 0.717) is 35.3 Å². The van der Waals surface area contributed by atoms with Crippen LogP contribution in [0.1, 0.15) is 43.3 Å². The van der Waals surface area contributed by atoms with Crippen molar-refractivity contribution in [3.05, 3.63) is 17.0 Å². The topological polar surface area (TPSA) is 75.4 Å². The molecule has 0 aliphatic carbocycles. The molecule has 2 rings (SSSR count). The van der Waals surface area contributed by atoms with Crippen molar-refractivity contribution in [2.45, 2.75) is 52.1 Å². The summed E-state index contributed by atoms with van der Waals surface area (Å²) < 4.78 is 26.2. The average Bonchev–Trinajstić information content (AvgIpc) is 2.95. The van der Waals surface area contributed by atoms with Gasteiger partial charge in [-0.3, -0.25) is 4.79 Å². The van der Waals surface area contributed by atoms with E-state index in [1.807, 2.05) is 0 Å². The second-order valence-electron chi connectivity index (χ2n) is 5.78. The number of carboxylic acids is 1. The summed E-state index contributed by atoms with van der Waals surface area (Å²) >= 11 is 0. The van der Waals surface area contributed by atoms with E-state index in [2.05, 4.69) is 5.10 Å². The highest BCUT2D eigenvalue weighted by Gasteiger charge is 2.45. The summed E-state index contributed by atoms with van der Waals surface area (Å²) in [5.74, 6) is -1.42. The number of carboxylic acid groups (broad SMARTS) is 1. The minimum absolute atomic E-state index is 0.118. The number of likely N-dealkylation sites (tertiary alicyclic amines) is 1. The average molecular weight is 315 g/mol. The number of aliphatic carboxylic acids is 1. The number of alkyl halides is 2. The van der Waals surface area contributed by atoms with Crippen molar-refractivity contribution in [1.29, 1.82) is 0 Å². The first-order valence-corrected chi connectivity index (χ1v) is 7.05. The van der Waals surface area contributed by atoms with Gasteiger partial charge in [0, 0.05) is 17.8 Å². The molecule has 22 heavy (non-hydrogen) atoms. The maximum atomic E-state index is 12.8. The van der Waals surface area contributed by atoms with Crippen LogP contribution in [0.5, 0.6) is 0 Å². The molecular weight excluding hydrogens is 296 g/mol. The van der Waals surface area contributed by atoms with Gasteiger partial charge in [0.05, 0.1) is 12.1 Å². The molecule has 1 atom stereocenters. The van der Waals surface area contributed by atoms with Gasteiger partial charge in [-0.15, -0.1) is 0 Å². The van der Waals surface area contributed by atoms with Gasteiger partial charge in [-0.05, 0) is 33.6 Å². The molecule has 122 valence electrons. The monoisotopic (exact) mass is 315 g/mol. The first-order valence-electron chi connectivity index (χ1n) is 7.05. The molecule has 1 aromatic heterocycles. The molecule has 0 aromatic carbocycles. The summed E-state index contributed by atoms with van der Waals surface area (Å²) in [6.07, 6.45) is 0.887. The number of rotatable bonds is 4. The van der Waals surface area contributed by atoms with E-state index < -0.39 is 18.1 Å². The zero-order valence-corrected chi connectivity index (χ0v) is 12.8. The minimum atomic E-state index is -2.77. The van der Waals surface area contributed by atoms with Crippen LogP contribution < -0.4 is 0 Å². The van der Waals surface area contributed by atoms with Gasteiger partial charge in [0.2, 0.25) is 5.91 Å². The van der Waals surface area contributed by atoms with Crippen molar-refractivity contribution in [2.24, 2.45) is 0 Å². The molecule has 0 bridgehead atoms. The van der Waals surface area contributed by atoms with Crippen molar-refractivity contribution >= 4 is 11.9 Å². The van der Waals surface area contributed by atoms with E-state index in [4.69, 9.17) is 0 Å². The molecule has 0 radical (unpaired) electrons. The van der Waals surface area contributed by atoms with Gasteiger partial charge in [0.15, 0.2) is 0 Å². The fourth-order valence-corrected chi connectivity index (χ4v) is 2.97. The Labute approximate surface area is 126 Å². The Morgan fingerprint density at radius 3 is 2.55 bits per heavy atom. The molecule has 1 saturated heterocycles. The molecule has 1 amide bonds. The maximum Gasteiger partial charge on any atom is 0.333 e. The summed E-state index contributed by atoms with van der Waals surface area (Å²) in [5.41, 5.74) is -0.193. The Hall–Kier alpha value is -1.99. The molecule has 6 nitrogen and oxygen atoms in total. The van der Waals surface area contributed by atoms with Crippen molar-refractivity contribution < 1.29 is 23.5 Å². The molecular formula is C14H19F2N3O3. The van der Waals surface area contributed by atoms with E-state index in [0.717, 1.165) is 0 Å². The second kappa shape index (κ2) is 5.66. The lowest BCUT2D eigenvalue weighted by Crippen LogP contribution is -2.51. The predicted octanol–water partition coefficient (Wildman–Crippen LogP) is 1.90. The van der Waals surface area contributed by atoms with Gasteiger partial charge < -0.3 is 10.0 Å². The lowest BCUT2D eigenvalue weighted by atomic mass is 9.98. The molecule has 2 heterocycles. The third-order valence-corrected chi connectivity index (χ3v) is 4.39. The Balaban J connectivity index is 2.25. The maximum absolute atomic E-state index is 12.8. The Morgan fingerprint density at radius 2 is 2.05 bits per heavy atom. The molecule has 1 aromatic rings. The van der Waals surface area contributed by atoms with Crippen molar-refractivity contribution in [3.8, 4) is 0 Å². The van der Waals surface area contributed by atoms with Gasteiger partial charge in [0.25, 0.3) is 0 Å². The smallest absolute Gasteiger partial charge is 0.333 e. The number of nitrogens with zero attached hydrogens (tertiary/aromatic N) is 3. The Bertz CT molecular complexity index is 615. The first kappa shape index (κ1) is 16.4. The van der Waals surface area contributed by atoms with Crippen LogP contribution in [-0.2, 0) is 16.0 Å². The summed E-state index contributed by atoms with van der Waals surface area (Å²) in [4.78, 5) is 25.2. The van der Waals surface area contributed by atoms with Crippen LogP contribution in [0.2, 0.25) is 0 Å². The minimum Gasteiger partial charge on any atom is -0.480 e. The summed E-state index contributed by atoms with van der Waals surface area (Å²) in [5, 5.41) is 13.1. The van der Waals surface area contributed by atoms with Gasteiger partial charge in [-0.1, -0.05) is 0 Å². The summed E-state index contributed by atoms with van der Waals surface area (Å²) in [6, 6.07) is 0.